The van der Waals surface area contributed by atoms with E-state index < -0.39 is 23.2 Å². The van der Waals surface area contributed by atoms with E-state index in [4.69, 9.17) is 9.47 Å². The van der Waals surface area contributed by atoms with Gasteiger partial charge < -0.3 is 19.9 Å². The molecule has 0 saturated carbocycles. The Hall–Kier alpha value is -2.24. The molecule has 11 heteroatoms. The van der Waals surface area contributed by atoms with E-state index in [0.717, 1.165) is 0 Å². The number of esters is 2. The molecule has 0 aliphatic carbocycles. The van der Waals surface area contributed by atoms with E-state index in [1.807, 2.05) is 9.80 Å². The van der Waals surface area contributed by atoms with E-state index in [0.29, 0.717) is 39.3 Å². The Balaban J connectivity index is 3.03. The zero-order valence-corrected chi connectivity index (χ0v) is 21.7. The van der Waals surface area contributed by atoms with Crippen molar-refractivity contribution in [2.75, 3.05) is 59.4 Å². The fourth-order valence-corrected chi connectivity index (χ4v) is 3.55. The van der Waals surface area contributed by atoms with Crippen molar-refractivity contribution in [2.45, 2.75) is 65.2 Å². The molecule has 1 heterocycles. The normalized spacial score (nSPS) is 18.2. The zero-order valence-electron chi connectivity index (χ0n) is 21.7. The molecular weight excluding hydrogens is 444 g/mol. The maximum absolute atomic E-state index is 12.4. The highest BCUT2D eigenvalue weighted by Crippen LogP contribution is 2.12. The van der Waals surface area contributed by atoms with Gasteiger partial charge in [0, 0.05) is 46.3 Å². The SMILES string of the molecule is CNC(=O)CC(C(=O)O)N1CCN(CC(=O)OC(C)(C)C)CCN(CC(=O)OC(C)(C)C)CC1. The number of carbonyl (C=O) groups excluding carboxylic acids is 3. The average molecular weight is 487 g/mol. The molecule has 11 nitrogen and oxygen atoms in total. The van der Waals surface area contributed by atoms with Gasteiger partial charge in [0.15, 0.2) is 0 Å². The van der Waals surface area contributed by atoms with E-state index in [1.54, 1.807) is 46.4 Å². The quantitative estimate of drug-likeness (QED) is 0.458. The number of hydrogen-bond acceptors (Lipinski definition) is 9. The molecule has 1 atom stereocenters. The molecule has 34 heavy (non-hydrogen) atoms. The van der Waals surface area contributed by atoms with Gasteiger partial charge in [-0.05, 0) is 41.5 Å². The number of amides is 1. The Bertz CT molecular complexity index is 673. The highest BCUT2D eigenvalue weighted by atomic mass is 16.6. The van der Waals surface area contributed by atoms with Crippen molar-refractivity contribution in [3.8, 4) is 0 Å². The standard InChI is InChI=1S/C23H42N4O7/c1-22(2,3)33-19(29)15-25-8-9-26(16-20(30)34-23(4,5)6)11-13-27(12-10-25)17(21(31)32)14-18(28)24-7/h17H,8-16H2,1-7H3,(H,24,28)(H,31,32). The summed E-state index contributed by atoms with van der Waals surface area (Å²) >= 11 is 0. The van der Waals surface area contributed by atoms with Crippen LogP contribution in [-0.2, 0) is 28.7 Å². The van der Waals surface area contributed by atoms with E-state index in [2.05, 4.69) is 5.32 Å². The van der Waals surface area contributed by atoms with Crippen LogP contribution in [0.15, 0.2) is 0 Å². The van der Waals surface area contributed by atoms with Crippen molar-refractivity contribution in [1.82, 2.24) is 20.0 Å². The van der Waals surface area contributed by atoms with Crippen LogP contribution in [0.4, 0.5) is 0 Å². The number of carbonyl (C=O) groups is 4. The van der Waals surface area contributed by atoms with Crippen LogP contribution in [0.5, 0.6) is 0 Å². The molecule has 2 N–H and O–H groups in total. The van der Waals surface area contributed by atoms with Gasteiger partial charge in [-0.15, -0.1) is 0 Å². The lowest BCUT2D eigenvalue weighted by Crippen LogP contribution is -2.49. The summed E-state index contributed by atoms with van der Waals surface area (Å²) in [5.74, 6) is -2.22. The summed E-state index contributed by atoms with van der Waals surface area (Å²) in [5, 5.41) is 12.3. The molecule has 0 aromatic heterocycles. The number of ether oxygens (including phenoxy) is 2. The van der Waals surface area contributed by atoms with Crippen LogP contribution < -0.4 is 5.32 Å². The number of nitrogens with one attached hydrogen (secondary N) is 1. The third-order valence-corrected chi connectivity index (χ3v) is 5.07. The predicted molar refractivity (Wildman–Crippen MR) is 126 cm³/mol. The van der Waals surface area contributed by atoms with Gasteiger partial charge in [-0.3, -0.25) is 33.9 Å². The molecule has 1 saturated heterocycles. The predicted octanol–water partition coefficient (Wildman–Crippen LogP) is 0.179. The Morgan fingerprint density at radius 1 is 0.794 bits per heavy atom. The van der Waals surface area contributed by atoms with Crippen LogP contribution >= 0.6 is 0 Å². The van der Waals surface area contributed by atoms with Gasteiger partial charge in [-0.1, -0.05) is 0 Å². The molecular formula is C23H42N4O7. The molecule has 0 aromatic carbocycles. The summed E-state index contributed by atoms with van der Waals surface area (Å²) in [6.07, 6.45) is -0.191. The first-order valence-corrected chi connectivity index (χ1v) is 11.7. The van der Waals surface area contributed by atoms with E-state index in [9.17, 15) is 24.3 Å². The van der Waals surface area contributed by atoms with Gasteiger partial charge in [-0.2, -0.15) is 0 Å². The topological polar surface area (TPSA) is 129 Å². The maximum Gasteiger partial charge on any atom is 0.321 e. The summed E-state index contributed by atoms with van der Waals surface area (Å²) in [4.78, 5) is 54.2. The summed E-state index contributed by atoms with van der Waals surface area (Å²) < 4.78 is 10.9. The Morgan fingerprint density at radius 3 is 1.50 bits per heavy atom. The second-order valence-corrected chi connectivity index (χ2v) is 10.5. The molecule has 1 aliphatic heterocycles. The van der Waals surface area contributed by atoms with E-state index in [-0.39, 0.29) is 37.4 Å². The van der Waals surface area contributed by atoms with Gasteiger partial charge in [0.25, 0.3) is 0 Å². The highest BCUT2D eigenvalue weighted by molar-refractivity contribution is 5.84. The van der Waals surface area contributed by atoms with Gasteiger partial charge in [-0.25, -0.2) is 0 Å². The highest BCUT2D eigenvalue weighted by Gasteiger charge is 2.31. The lowest BCUT2D eigenvalue weighted by Gasteiger charge is -2.30. The molecule has 1 aliphatic rings. The third kappa shape index (κ3) is 12.3. The Labute approximate surface area is 202 Å². The fraction of sp³-hybridized carbons (Fsp3) is 0.826. The number of carboxylic acids is 1. The number of hydrogen-bond donors (Lipinski definition) is 2. The van der Waals surface area contributed by atoms with Gasteiger partial charge in [0.2, 0.25) is 5.91 Å². The molecule has 0 radical (unpaired) electrons. The van der Waals surface area contributed by atoms with Crippen molar-refractivity contribution < 1.29 is 33.8 Å². The van der Waals surface area contributed by atoms with Gasteiger partial charge >= 0.3 is 17.9 Å². The van der Waals surface area contributed by atoms with Crippen molar-refractivity contribution in [3.63, 3.8) is 0 Å². The van der Waals surface area contributed by atoms with Crippen molar-refractivity contribution in [2.24, 2.45) is 0 Å². The lowest BCUT2D eigenvalue weighted by molar-refractivity contribution is -0.158. The van der Waals surface area contributed by atoms with Crippen LogP contribution in [0.1, 0.15) is 48.0 Å². The smallest absolute Gasteiger partial charge is 0.321 e. The first-order chi connectivity index (χ1) is 15.6. The minimum atomic E-state index is -1.10. The molecule has 1 fully saturated rings. The molecule has 0 spiro atoms. The van der Waals surface area contributed by atoms with Crippen LogP contribution in [0.3, 0.4) is 0 Å². The summed E-state index contributed by atoms with van der Waals surface area (Å²) in [7, 11) is 1.46. The van der Waals surface area contributed by atoms with E-state index in [1.165, 1.54) is 7.05 Å². The van der Waals surface area contributed by atoms with Crippen LogP contribution in [-0.4, -0.2) is 120 Å². The second-order valence-electron chi connectivity index (χ2n) is 10.5. The third-order valence-electron chi connectivity index (χ3n) is 5.07. The molecule has 0 bridgehead atoms. The minimum absolute atomic E-state index is 0.0402. The van der Waals surface area contributed by atoms with Crippen LogP contribution in [0.2, 0.25) is 0 Å². The molecule has 0 aromatic rings. The Morgan fingerprint density at radius 2 is 1.18 bits per heavy atom. The number of rotatable bonds is 8. The maximum atomic E-state index is 12.4. The number of nitrogens with zero attached hydrogens (tertiary/aromatic N) is 3. The molecule has 1 rings (SSSR count). The average Bonchev–Trinajstić information content (AvgIpc) is 2.74. The Kier molecular flexibility index (Phi) is 11.4. The lowest BCUT2D eigenvalue weighted by atomic mass is 10.1. The summed E-state index contributed by atoms with van der Waals surface area (Å²) in [6, 6.07) is -1.02. The van der Waals surface area contributed by atoms with E-state index >= 15 is 0 Å². The monoisotopic (exact) mass is 486 g/mol. The first-order valence-electron chi connectivity index (χ1n) is 11.7. The fourth-order valence-electron chi connectivity index (χ4n) is 3.55. The number of carboxylic acid groups (broad SMARTS) is 1. The summed E-state index contributed by atoms with van der Waals surface area (Å²) in [6.45, 7) is 13.3. The number of aliphatic carboxylic acids is 1. The van der Waals surface area contributed by atoms with Gasteiger partial charge in [0.1, 0.15) is 17.2 Å². The van der Waals surface area contributed by atoms with Gasteiger partial charge in [0.05, 0.1) is 19.5 Å². The largest absolute Gasteiger partial charge is 0.480 e. The minimum Gasteiger partial charge on any atom is -0.480 e. The van der Waals surface area contributed by atoms with Crippen LogP contribution in [0.25, 0.3) is 0 Å². The molecule has 1 unspecified atom stereocenters. The summed E-state index contributed by atoms with van der Waals surface area (Å²) in [5.41, 5.74) is -1.24. The first kappa shape index (κ1) is 29.8. The van der Waals surface area contributed by atoms with Crippen molar-refractivity contribution in [1.29, 1.82) is 0 Å². The zero-order chi connectivity index (χ0) is 26.1. The molecule has 1 amide bonds. The van der Waals surface area contributed by atoms with Crippen molar-refractivity contribution in [3.05, 3.63) is 0 Å². The second kappa shape index (κ2) is 13.0. The molecule has 196 valence electrons. The van der Waals surface area contributed by atoms with Crippen molar-refractivity contribution >= 4 is 23.8 Å². The van der Waals surface area contributed by atoms with Crippen LogP contribution in [0, 0.1) is 0 Å².